The maximum absolute atomic E-state index is 12.1. The molecule has 0 spiro atoms. The highest BCUT2D eigenvalue weighted by atomic mass is 16.5. The average Bonchev–Trinajstić information content (AvgIpc) is 3.18. The van der Waals surface area contributed by atoms with E-state index in [1.807, 2.05) is 30.3 Å². The third-order valence-electron chi connectivity index (χ3n) is 4.65. The molecule has 7 nitrogen and oxygen atoms in total. The predicted molar refractivity (Wildman–Crippen MR) is 90.8 cm³/mol. The van der Waals surface area contributed by atoms with Crippen LogP contribution in [0.25, 0.3) is 11.5 Å². The van der Waals surface area contributed by atoms with E-state index >= 15 is 0 Å². The molecule has 1 saturated heterocycles. The summed E-state index contributed by atoms with van der Waals surface area (Å²) in [6, 6.07) is 9.59. The van der Waals surface area contributed by atoms with Crippen LogP contribution >= 0.6 is 0 Å². The van der Waals surface area contributed by atoms with E-state index in [-0.39, 0.29) is 18.2 Å². The van der Waals surface area contributed by atoms with Gasteiger partial charge in [-0.25, -0.2) is 4.79 Å². The minimum atomic E-state index is -0.163. The van der Waals surface area contributed by atoms with Crippen molar-refractivity contribution in [2.24, 2.45) is 5.92 Å². The quantitative estimate of drug-likeness (QED) is 0.839. The van der Waals surface area contributed by atoms with Gasteiger partial charge in [0, 0.05) is 25.1 Å². The standard InChI is InChI=1S/C18H22N4O3/c23-18(20-14-9-11-24-16(14)12-6-7-12)19-10-8-15-21-22-17(25-15)13-4-2-1-3-5-13/h1-5,12,14,16H,6-11H2,(H2,19,20,23)/t14-,16-/m0/s1. The van der Waals surface area contributed by atoms with Gasteiger partial charge >= 0.3 is 6.03 Å². The summed E-state index contributed by atoms with van der Waals surface area (Å²) in [5.74, 6) is 1.64. The van der Waals surface area contributed by atoms with Crippen molar-refractivity contribution in [3.8, 4) is 11.5 Å². The monoisotopic (exact) mass is 342 g/mol. The highest BCUT2D eigenvalue weighted by Crippen LogP contribution is 2.38. The van der Waals surface area contributed by atoms with Gasteiger partial charge in [0.25, 0.3) is 0 Å². The summed E-state index contributed by atoms with van der Waals surface area (Å²) in [6.45, 7) is 1.18. The minimum Gasteiger partial charge on any atom is -0.421 e. The second kappa shape index (κ2) is 7.23. The number of hydrogen-bond acceptors (Lipinski definition) is 5. The van der Waals surface area contributed by atoms with Crippen LogP contribution in [0.4, 0.5) is 4.79 Å². The van der Waals surface area contributed by atoms with E-state index in [0.717, 1.165) is 18.6 Å². The molecule has 1 aromatic heterocycles. The summed E-state index contributed by atoms with van der Waals surface area (Å²) >= 11 is 0. The van der Waals surface area contributed by atoms with Gasteiger partial charge in [-0.3, -0.25) is 0 Å². The lowest BCUT2D eigenvalue weighted by Crippen LogP contribution is -2.46. The summed E-state index contributed by atoms with van der Waals surface area (Å²) in [6.07, 6.45) is 4.01. The van der Waals surface area contributed by atoms with Crippen LogP contribution in [0.5, 0.6) is 0 Å². The average molecular weight is 342 g/mol. The SMILES string of the molecule is O=C(NCCc1nnc(-c2ccccc2)o1)N[C@H]1CCO[C@H]1C1CC1. The van der Waals surface area contributed by atoms with Crippen LogP contribution in [0.15, 0.2) is 34.7 Å². The third-order valence-corrected chi connectivity index (χ3v) is 4.65. The van der Waals surface area contributed by atoms with Gasteiger partial charge in [0.1, 0.15) is 0 Å². The molecule has 0 unspecified atom stereocenters. The van der Waals surface area contributed by atoms with E-state index < -0.39 is 0 Å². The van der Waals surface area contributed by atoms with Crippen molar-refractivity contribution in [3.63, 3.8) is 0 Å². The Balaban J connectivity index is 1.22. The normalized spacial score (nSPS) is 22.7. The number of nitrogens with zero attached hydrogens (tertiary/aromatic N) is 2. The van der Waals surface area contributed by atoms with Crippen molar-refractivity contribution in [2.75, 3.05) is 13.2 Å². The molecule has 1 saturated carbocycles. The first-order valence-electron chi connectivity index (χ1n) is 8.83. The van der Waals surface area contributed by atoms with Crippen molar-refractivity contribution in [3.05, 3.63) is 36.2 Å². The number of carbonyl (C=O) groups is 1. The Labute approximate surface area is 146 Å². The Morgan fingerprint density at radius 3 is 2.80 bits per heavy atom. The van der Waals surface area contributed by atoms with E-state index in [2.05, 4.69) is 20.8 Å². The van der Waals surface area contributed by atoms with Crippen LogP contribution in [0.2, 0.25) is 0 Å². The van der Waals surface area contributed by atoms with E-state index in [1.54, 1.807) is 0 Å². The number of aromatic nitrogens is 2. The number of amides is 2. The lowest BCUT2D eigenvalue weighted by molar-refractivity contribution is 0.0825. The molecule has 2 N–H and O–H groups in total. The van der Waals surface area contributed by atoms with Gasteiger partial charge in [0.05, 0.1) is 12.1 Å². The number of carbonyl (C=O) groups excluding carboxylic acids is 1. The zero-order chi connectivity index (χ0) is 17.1. The summed E-state index contributed by atoms with van der Waals surface area (Å²) in [7, 11) is 0. The molecule has 2 atom stereocenters. The summed E-state index contributed by atoms with van der Waals surface area (Å²) in [5.41, 5.74) is 0.888. The van der Waals surface area contributed by atoms with Crippen molar-refractivity contribution < 1.29 is 13.9 Å². The van der Waals surface area contributed by atoms with Crippen molar-refractivity contribution in [1.29, 1.82) is 0 Å². The molecule has 132 valence electrons. The van der Waals surface area contributed by atoms with Gasteiger partial charge < -0.3 is 19.8 Å². The van der Waals surface area contributed by atoms with Crippen LogP contribution in [0, 0.1) is 5.92 Å². The second-order valence-corrected chi connectivity index (χ2v) is 6.59. The topological polar surface area (TPSA) is 89.3 Å². The second-order valence-electron chi connectivity index (χ2n) is 6.59. The highest BCUT2D eigenvalue weighted by molar-refractivity contribution is 5.74. The van der Waals surface area contributed by atoms with Gasteiger partial charge in [-0.1, -0.05) is 18.2 Å². The van der Waals surface area contributed by atoms with Crippen LogP contribution in [-0.2, 0) is 11.2 Å². The Morgan fingerprint density at radius 1 is 1.16 bits per heavy atom. The number of nitrogens with one attached hydrogen (secondary N) is 2. The number of benzene rings is 1. The fourth-order valence-corrected chi connectivity index (χ4v) is 3.21. The van der Waals surface area contributed by atoms with Gasteiger partial charge in [0.15, 0.2) is 0 Å². The molecular weight excluding hydrogens is 320 g/mol. The summed E-state index contributed by atoms with van der Waals surface area (Å²) in [4.78, 5) is 12.1. The number of rotatable bonds is 6. The number of urea groups is 1. The third kappa shape index (κ3) is 3.99. The van der Waals surface area contributed by atoms with Gasteiger partial charge in [0.2, 0.25) is 11.8 Å². The van der Waals surface area contributed by atoms with E-state index in [9.17, 15) is 4.79 Å². The molecule has 1 aliphatic carbocycles. The highest BCUT2D eigenvalue weighted by Gasteiger charge is 2.41. The Bertz CT molecular complexity index is 714. The number of hydrogen-bond donors (Lipinski definition) is 2. The smallest absolute Gasteiger partial charge is 0.315 e. The lowest BCUT2D eigenvalue weighted by Gasteiger charge is -2.19. The van der Waals surface area contributed by atoms with Gasteiger partial charge in [-0.15, -0.1) is 10.2 Å². The van der Waals surface area contributed by atoms with Gasteiger partial charge in [-0.05, 0) is 37.3 Å². The molecular formula is C18H22N4O3. The number of ether oxygens (including phenoxy) is 1. The molecule has 0 bridgehead atoms. The van der Waals surface area contributed by atoms with Crippen molar-refractivity contribution in [1.82, 2.24) is 20.8 Å². The maximum atomic E-state index is 12.1. The Kier molecular flexibility index (Phi) is 4.65. The predicted octanol–water partition coefficient (Wildman–Crippen LogP) is 2.15. The van der Waals surface area contributed by atoms with Crippen LogP contribution in [0.3, 0.4) is 0 Å². The fourth-order valence-electron chi connectivity index (χ4n) is 3.21. The maximum Gasteiger partial charge on any atom is 0.315 e. The first kappa shape index (κ1) is 16.1. The summed E-state index contributed by atoms with van der Waals surface area (Å²) < 4.78 is 11.4. The van der Waals surface area contributed by atoms with E-state index in [4.69, 9.17) is 9.15 Å². The minimum absolute atomic E-state index is 0.126. The molecule has 2 amide bonds. The zero-order valence-corrected chi connectivity index (χ0v) is 14.0. The summed E-state index contributed by atoms with van der Waals surface area (Å²) in [5, 5.41) is 13.9. The molecule has 2 aliphatic rings. The first-order chi connectivity index (χ1) is 12.3. The molecule has 25 heavy (non-hydrogen) atoms. The Morgan fingerprint density at radius 2 is 2.00 bits per heavy atom. The molecule has 7 heteroatoms. The van der Waals surface area contributed by atoms with Crippen molar-refractivity contribution >= 4 is 6.03 Å². The van der Waals surface area contributed by atoms with Gasteiger partial charge in [-0.2, -0.15) is 0 Å². The molecule has 2 aromatic rings. The van der Waals surface area contributed by atoms with E-state index in [1.165, 1.54) is 12.8 Å². The lowest BCUT2D eigenvalue weighted by atomic mass is 10.1. The zero-order valence-electron chi connectivity index (χ0n) is 14.0. The van der Waals surface area contributed by atoms with Crippen molar-refractivity contribution in [2.45, 2.75) is 37.8 Å². The van der Waals surface area contributed by atoms with Crippen LogP contribution in [-0.4, -0.2) is 41.5 Å². The molecule has 1 aromatic carbocycles. The van der Waals surface area contributed by atoms with Crippen LogP contribution < -0.4 is 10.6 Å². The van der Waals surface area contributed by atoms with Crippen LogP contribution in [0.1, 0.15) is 25.2 Å². The molecule has 0 radical (unpaired) electrons. The molecule has 2 heterocycles. The fraction of sp³-hybridized carbons (Fsp3) is 0.500. The van der Waals surface area contributed by atoms with E-state index in [0.29, 0.717) is 30.7 Å². The molecule has 4 rings (SSSR count). The Hall–Kier alpha value is -2.41. The molecule has 1 aliphatic heterocycles. The molecule has 2 fully saturated rings. The first-order valence-corrected chi connectivity index (χ1v) is 8.83. The largest absolute Gasteiger partial charge is 0.421 e.